The van der Waals surface area contributed by atoms with Gasteiger partial charge in [0.2, 0.25) is 11.9 Å². The van der Waals surface area contributed by atoms with Gasteiger partial charge in [-0.2, -0.15) is 0 Å². The number of nitrogens with one attached hydrogen (secondary N) is 1. The van der Waals surface area contributed by atoms with Crippen molar-refractivity contribution >= 4 is 23.7 Å². The van der Waals surface area contributed by atoms with Crippen molar-refractivity contribution in [2.45, 2.75) is 19.9 Å². The summed E-state index contributed by atoms with van der Waals surface area (Å²) in [6.07, 6.45) is 1.45. The molecule has 0 unspecified atom stereocenters. The van der Waals surface area contributed by atoms with Gasteiger partial charge in [-0.1, -0.05) is 6.07 Å². The van der Waals surface area contributed by atoms with Crippen molar-refractivity contribution in [2.75, 3.05) is 39.4 Å². The fourth-order valence-electron chi connectivity index (χ4n) is 4.13. The number of nitrogens with zero attached hydrogens (tertiary/aromatic N) is 3. The molecule has 2 N–H and O–H groups in total. The summed E-state index contributed by atoms with van der Waals surface area (Å²) in [6.45, 7) is 5.59. The molecule has 1 aromatic heterocycles. The van der Waals surface area contributed by atoms with E-state index in [1.807, 2.05) is 4.90 Å². The number of hydrogen-bond acceptors (Lipinski definition) is 9. The van der Waals surface area contributed by atoms with E-state index < -0.39 is 23.8 Å². The molecule has 2 aromatic rings. The SMILES string of the molecule is CCOC(=O)[C@@H]1C(=O)NC(N2CCN(C(=O)c3ccco3)CC2)=N[C@H]1c1ccc(O)c(OCC)c1. The molecule has 0 spiro atoms. The number of benzene rings is 1. The quantitative estimate of drug-likeness (QED) is 0.466. The van der Waals surface area contributed by atoms with Gasteiger partial charge in [0.05, 0.1) is 19.5 Å². The summed E-state index contributed by atoms with van der Waals surface area (Å²) in [5.41, 5.74) is 0.531. The van der Waals surface area contributed by atoms with E-state index in [2.05, 4.69) is 5.32 Å². The van der Waals surface area contributed by atoms with Crippen LogP contribution in [-0.2, 0) is 14.3 Å². The van der Waals surface area contributed by atoms with Crippen LogP contribution in [0.3, 0.4) is 0 Å². The Labute approximate surface area is 202 Å². The van der Waals surface area contributed by atoms with Gasteiger partial charge in [-0.05, 0) is 43.7 Å². The minimum atomic E-state index is -1.19. The molecular formula is C24H28N4O7. The average molecular weight is 485 g/mol. The summed E-state index contributed by atoms with van der Waals surface area (Å²) < 4.78 is 15.8. The second-order valence-electron chi connectivity index (χ2n) is 8.03. The molecule has 186 valence electrons. The van der Waals surface area contributed by atoms with E-state index in [1.165, 1.54) is 12.3 Å². The smallest absolute Gasteiger partial charge is 0.321 e. The van der Waals surface area contributed by atoms with Gasteiger partial charge in [-0.3, -0.25) is 19.7 Å². The van der Waals surface area contributed by atoms with Gasteiger partial charge in [-0.15, -0.1) is 0 Å². The third-order valence-electron chi connectivity index (χ3n) is 5.86. The Hall–Kier alpha value is -4.02. The van der Waals surface area contributed by atoms with Crippen LogP contribution in [0.15, 0.2) is 46.0 Å². The Morgan fingerprint density at radius 3 is 2.60 bits per heavy atom. The minimum absolute atomic E-state index is 0.0508. The zero-order valence-electron chi connectivity index (χ0n) is 19.6. The second kappa shape index (κ2) is 10.5. The fourth-order valence-corrected chi connectivity index (χ4v) is 4.13. The van der Waals surface area contributed by atoms with Crippen LogP contribution in [0.5, 0.6) is 11.5 Å². The molecule has 1 fully saturated rings. The van der Waals surface area contributed by atoms with E-state index in [9.17, 15) is 19.5 Å². The number of piperazine rings is 1. The lowest BCUT2D eigenvalue weighted by molar-refractivity contribution is -0.153. The van der Waals surface area contributed by atoms with Crippen molar-refractivity contribution in [2.24, 2.45) is 10.9 Å². The molecule has 0 bridgehead atoms. The van der Waals surface area contributed by atoms with E-state index in [1.54, 1.807) is 43.0 Å². The summed E-state index contributed by atoms with van der Waals surface area (Å²) in [7, 11) is 0. The van der Waals surface area contributed by atoms with E-state index in [0.717, 1.165) is 0 Å². The zero-order valence-corrected chi connectivity index (χ0v) is 19.6. The van der Waals surface area contributed by atoms with Crippen LogP contribution >= 0.6 is 0 Å². The van der Waals surface area contributed by atoms with Crippen molar-refractivity contribution in [3.05, 3.63) is 47.9 Å². The number of rotatable bonds is 6. The van der Waals surface area contributed by atoms with Gasteiger partial charge in [0.15, 0.2) is 23.2 Å². The maximum atomic E-state index is 13.1. The third-order valence-corrected chi connectivity index (χ3v) is 5.86. The molecule has 2 aliphatic rings. The van der Waals surface area contributed by atoms with Gasteiger partial charge in [0, 0.05) is 26.2 Å². The monoisotopic (exact) mass is 484 g/mol. The zero-order chi connectivity index (χ0) is 24.9. The molecule has 35 heavy (non-hydrogen) atoms. The van der Waals surface area contributed by atoms with Crippen molar-refractivity contribution in [3.63, 3.8) is 0 Å². The van der Waals surface area contributed by atoms with Gasteiger partial charge >= 0.3 is 5.97 Å². The Bertz CT molecular complexity index is 1110. The number of ether oxygens (including phenoxy) is 2. The van der Waals surface area contributed by atoms with Crippen LogP contribution < -0.4 is 10.1 Å². The average Bonchev–Trinajstić information content (AvgIpc) is 3.40. The number of hydrogen-bond donors (Lipinski definition) is 2. The molecule has 2 atom stereocenters. The highest BCUT2D eigenvalue weighted by atomic mass is 16.5. The molecule has 1 saturated heterocycles. The number of aromatic hydroxyl groups is 1. The second-order valence-corrected chi connectivity index (χ2v) is 8.03. The molecule has 4 rings (SSSR count). The van der Waals surface area contributed by atoms with Gasteiger partial charge in [-0.25, -0.2) is 4.99 Å². The van der Waals surface area contributed by atoms with E-state index >= 15 is 0 Å². The predicted molar refractivity (Wildman–Crippen MR) is 124 cm³/mol. The van der Waals surface area contributed by atoms with E-state index in [-0.39, 0.29) is 29.8 Å². The molecule has 0 aliphatic carbocycles. The highest BCUT2D eigenvalue weighted by Crippen LogP contribution is 2.36. The first-order chi connectivity index (χ1) is 16.9. The highest BCUT2D eigenvalue weighted by Gasteiger charge is 2.42. The first-order valence-electron chi connectivity index (χ1n) is 11.5. The number of furan rings is 1. The van der Waals surface area contributed by atoms with Crippen LogP contribution in [-0.4, -0.2) is 78.0 Å². The van der Waals surface area contributed by atoms with Gasteiger partial charge in [0.25, 0.3) is 5.91 Å². The molecule has 1 aromatic carbocycles. The minimum Gasteiger partial charge on any atom is -0.504 e. The lowest BCUT2D eigenvalue weighted by atomic mass is 9.91. The summed E-state index contributed by atoms with van der Waals surface area (Å²) >= 11 is 0. The summed E-state index contributed by atoms with van der Waals surface area (Å²) in [5.74, 6) is -1.83. The van der Waals surface area contributed by atoms with Crippen molar-refractivity contribution < 1.29 is 33.4 Å². The number of aliphatic imine (C=N–C) groups is 1. The van der Waals surface area contributed by atoms with Crippen molar-refractivity contribution in [3.8, 4) is 11.5 Å². The number of guanidine groups is 1. The van der Waals surface area contributed by atoms with Crippen LogP contribution in [0, 0.1) is 5.92 Å². The number of amides is 2. The number of phenolic OH excluding ortho intramolecular Hbond substituents is 1. The van der Waals surface area contributed by atoms with Crippen LogP contribution in [0.25, 0.3) is 0 Å². The Morgan fingerprint density at radius 1 is 1.17 bits per heavy atom. The Balaban J connectivity index is 1.58. The topological polar surface area (TPSA) is 134 Å². The number of carbonyl (C=O) groups excluding carboxylic acids is 3. The first kappa shape index (κ1) is 24.1. The van der Waals surface area contributed by atoms with Gasteiger partial charge < -0.3 is 28.8 Å². The van der Waals surface area contributed by atoms with Crippen LogP contribution in [0.4, 0.5) is 0 Å². The molecule has 2 aliphatic heterocycles. The van der Waals surface area contributed by atoms with E-state index in [0.29, 0.717) is 44.3 Å². The lowest BCUT2D eigenvalue weighted by Crippen LogP contribution is -2.58. The first-order valence-corrected chi connectivity index (χ1v) is 11.5. The highest BCUT2D eigenvalue weighted by molar-refractivity contribution is 6.08. The Kier molecular flexibility index (Phi) is 7.23. The molecule has 2 amide bonds. The van der Waals surface area contributed by atoms with Gasteiger partial charge in [0.1, 0.15) is 6.04 Å². The molecule has 0 saturated carbocycles. The number of carbonyl (C=O) groups is 3. The normalized spacial score (nSPS) is 20.2. The third kappa shape index (κ3) is 5.08. The number of esters is 1. The molecule has 3 heterocycles. The molecule has 11 nitrogen and oxygen atoms in total. The predicted octanol–water partition coefficient (Wildman–Crippen LogP) is 1.55. The maximum Gasteiger partial charge on any atom is 0.321 e. The summed E-state index contributed by atoms with van der Waals surface area (Å²) in [4.78, 5) is 46.6. The van der Waals surface area contributed by atoms with Crippen LogP contribution in [0.2, 0.25) is 0 Å². The maximum absolute atomic E-state index is 13.1. The van der Waals surface area contributed by atoms with E-state index in [4.69, 9.17) is 18.9 Å². The Morgan fingerprint density at radius 2 is 1.94 bits per heavy atom. The molecule has 11 heteroatoms. The van der Waals surface area contributed by atoms with Crippen molar-refractivity contribution in [1.29, 1.82) is 0 Å². The summed E-state index contributed by atoms with van der Waals surface area (Å²) in [6, 6.07) is 7.04. The molecule has 0 radical (unpaired) electrons. The molecular weight excluding hydrogens is 456 g/mol. The van der Waals surface area contributed by atoms with Crippen LogP contribution in [0.1, 0.15) is 36.0 Å². The fraction of sp³-hybridized carbons (Fsp3) is 0.417. The standard InChI is InChI=1S/C24H28N4O7/c1-3-33-18-14-15(7-8-16(18)29)20-19(23(32)34-4-2)21(30)26-24(25-20)28-11-9-27(10-12-28)22(31)17-6-5-13-35-17/h5-8,13-14,19-20,29H,3-4,9-12H2,1-2H3,(H,25,26,30)/t19-,20-/m0/s1. The summed E-state index contributed by atoms with van der Waals surface area (Å²) in [5, 5.41) is 12.8. The largest absolute Gasteiger partial charge is 0.504 e. The lowest BCUT2D eigenvalue weighted by Gasteiger charge is -2.38. The number of phenols is 1. The van der Waals surface area contributed by atoms with Crippen molar-refractivity contribution in [1.82, 2.24) is 15.1 Å².